The molecule has 0 saturated heterocycles. The van der Waals surface area contributed by atoms with Crippen molar-refractivity contribution < 1.29 is 57.5 Å². The molecule has 12 nitrogen and oxygen atoms in total. The number of hydrogen-bond donors (Lipinski definition) is 4. The summed E-state index contributed by atoms with van der Waals surface area (Å²) in [5, 5.41) is 33.7. The first-order chi connectivity index (χ1) is 16.2. The number of aliphatic hydroxyl groups excluding tert-OH is 4. The van der Waals surface area contributed by atoms with E-state index in [0.717, 1.165) is 69.8 Å². The molecule has 232 valence electrons. The fraction of sp³-hybridized carbons (Fsp3) is 1.00. The normalized spacial score (nSPS) is 12.0. The third-order valence-electron chi connectivity index (χ3n) is 3.95. The van der Waals surface area contributed by atoms with Gasteiger partial charge in [-0.15, -0.1) is 0 Å². The second-order valence-corrected chi connectivity index (χ2v) is 13.9. The summed E-state index contributed by atoms with van der Waals surface area (Å²) in [4.78, 5) is 34.3. The Bertz CT molecular complexity index is 378. The van der Waals surface area contributed by atoms with Gasteiger partial charge in [0.25, 0.3) is 0 Å². The predicted octanol–water partition coefficient (Wildman–Crippen LogP) is -4.84. The van der Waals surface area contributed by atoms with Crippen LogP contribution in [0.15, 0.2) is 0 Å². The van der Waals surface area contributed by atoms with Gasteiger partial charge in [-0.1, -0.05) is 0 Å². The molecule has 0 aromatic heterocycles. The lowest BCUT2D eigenvalue weighted by Crippen LogP contribution is -2.82. The van der Waals surface area contributed by atoms with Crippen molar-refractivity contribution in [2.75, 3.05) is 137 Å². The number of nitrogens with zero attached hydrogens (tertiary/aromatic N) is 4. The highest BCUT2D eigenvalue weighted by Crippen LogP contribution is 1.92. The van der Waals surface area contributed by atoms with Crippen molar-refractivity contribution in [3.63, 3.8) is 0 Å². The molecule has 0 spiro atoms. The van der Waals surface area contributed by atoms with Crippen LogP contribution in [-0.4, -0.2) is 185 Å². The fourth-order valence-corrected chi connectivity index (χ4v) is 2.18. The van der Waals surface area contributed by atoms with Crippen LogP contribution < -0.4 is 19.2 Å². The smallest absolute Gasteiger partial charge is 0.0802 e. The Hall–Kier alpha value is -0.263. The van der Waals surface area contributed by atoms with Gasteiger partial charge >= 0.3 is 0 Å². The van der Waals surface area contributed by atoms with Crippen molar-refractivity contribution in [2.24, 2.45) is 0 Å². The van der Waals surface area contributed by atoms with Crippen LogP contribution in [0.3, 0.4) is 0 Å². The fourth-order valence-electron chi connectivity index (χ4n) is 2.18. The molecule has 0 fully saturated rings. The summed E-state index contributed by atoms with van der Waals surface area (Å²) in [5.41, 5.74) is 0. The third kappa shape index (κ3) is 104. The maximum absolute atomic E-state index is 8.58. The Kier molecular flexibility index (Phi) is 31.2. The van der Waals surface area contributed by atoms with Gasteiger partial charge in [-0.2, -0.15) is 0 Å². The van der Waals surface area contributed by atoms with E-state index in [0.29, 0.717) is 26.4 Å². The Balaban J connectivity index is -0.000000116. The molecule has 0 amide bonds. The quantitative estimate of drug-likeness (QED) is 0.135. The van der Waals surface area contributed by atoms with Crippen molar-refractivity contribution in [2.45, 2.75) is 25.7 Å². The summed E-state index contributed by atoms with van der Waals surface area (Å²) >= 11 is 0. The minimum atomic E-state index is -5.61. The Morgan fingerprint density at radius 1 is 0.378 bits per heavy atom. The number of hydrogen-bond acceptors (Lipinski definition) is 8. The molecule has 0 atom stereocenters. The standard InChI is InChI=1S/4C6H16NO.O4Si/c4*1-7(2,3)5-4-6-8;1-5(2,3)4/h4*8H,4-6H2,1-3H3;/q4*+1;-4. The first kappa shape index (κ1) is 46.6. The van der Waals surface area contributed by atoms with E-state index in [9.17, 15) is 0 Å². The van der Waals surface area contributed by atoms with Crippen LogP contribution in [0.25, 0.3) is 0 Å². The minimum absolute atomic E-state index is 0.315. The molecule has 0 saturated carbocycles. The van der Waals surface area contributed by atoms with Crippen LogP contribution in [0.2, 0.25) is 0 Å². The molecule has 0 aromatic carbocycles. The van der Waals surface area contributed by atoms with Crippen molar-refractivity contribution in [3.05, 3.63) is 0 Å². The molecular weight excluding hydrogens is 500 g/mol. The van der Waals surface area contributed by atoms with Gasteiger partial charge in [0, 0.05) is 52.1 Å². The van der Waals surface area contributed by atoms with E-state index in [2.05, 4.69) is 84.6 Å². The van der Waals surface area contributed by atoms with Crippen LogP contribution in [0.4, 0.5) is 0 Å². The van der Waals surface area contributed by atoms with E-state index < -0.39 is 9.05 Å². The zero-order chi connectivity index (χ0) is 31.0. The molecule has 0 rings (SSSR count). The summed E-state index contributed by atoms with van der Waals surface area (Å²) in [5.74, 6) is 0. The highest BCUT2D eigenvalue weighted by Gasteiger charge is 2.05. The molecular formula is C24H64N4O8Si. The number of rotatable bonds is 12. The largest absolute Gasteiger partial charge is 0.894 e. The molecule has 0 bridgehead atoms. The highest BCUT2D eigenvalue weighted by molar-refractivity contribution is 6.38. The minimum Gasteiger partial charge on any atom is -0.894 e. The second kappa shape index (κ2) is 24.8. The van der Waals surface area contributed by atoms with E-state index in [1.165, 1.54) is 0 Å². The van der Waals surface area contributed by atoms with Crippen molar-refractivity contribution in [3.8, 4) is 0 Å². The summed E-state index contributed by atoms with van der Waals surface area (Å²) in [6.07, 6.45) is 3.62. The average molecular weight is 565 g/mol. The van der Waals surface area contributed by atoms with E-state index in [4.69, 9.17) is 39.6 Å². The molecule has 13 heteroatoms. The van der Waals surface area contributed by atoms with Crippen LogP contribution in [0.1, 0.15) is 25.7 Å². The topological polar surface area (TPSA) is 173 Å². The average Bonchev–Trinajstić information content (AvgIpc) is 2.65. The first-order valence-corrected chi connectivity index (χ1v) is 14.3. The van der Waals surface area contributed by atoms with E-state index in [1.54, 1.807) is 0 Å². The summed E-state index contributed by atoms with van der Waals surface area (Å²) in [6, 6.07) is 0. The molecule has 0 unspecified atom stereocenters. The van der Waals surface area contributed by atoms with Gasteiger partial charge in [0.15, 0.2) is 0 Å². The Morgan fingerprint density at radius 3 is 0.514 bits per heavy atom. The van der Waals surface area contributed by atoms with Crippen LogP contribution in [-0.2, 0) is 0 Å². The van der Waals surface area contributed by atoms with Gasteiger partial charge < -0.3 is 66.6 Å². The second-order valence-electron chi connectivity index (χ2n) is 12.9. The zero-order valence-electron chi connectivity index (χ0n) is 26.2. The molecule has 0 aliphatic rings. The van der Waals surface area contributed by atoms with Crippen LogP contribution in [0.5, 0.6) is 0 Å². The lowest BCUT2D eigenvalue weighted by atomic mass is 10.4. The van der Waals surface area contributed by atoms with Crippen molar-refractivity contribution in [1.82, 2.24) is 0 Å². The van der Waals surface area contributed by atoms with Crippen LogP contribution >= 0.6 is 0 Å². The Labute approximate surface area is 229 Å². The first-order valence-electron chi connectivity index (χ1n) is 12.7. The molecule has 0 aliphatic heterocycles. The Morgan fingerprint density at radius 2 is 0.486 bits per heavy atom. The highest BCUT2D eigenvalue weighted by atomic mass is 28.4. The van der Waals surface area contributed by atoms with Gasteiger partial charge in [-0.05, 0) is 0 Å². The monoisotopic (exact) mass is 564 g/mol. The van der Waals surface area contributed by atoms with Gasteiger partial charge in [-0.25, -0.2) is 0 Å². The predicted molar refractivity (Wildman–Crippen MR) is 144 cm³/mol. The SMILES string of the molecule is C[N+](C)(C)CCCO.C[N+](C)(C)CCCO.C[N+](C)(C)CCCO.C[N+](C)(C)CCCO.[O-][Si]([O-])([O-])[O-]. The van der Waals surface area contributed by atoms with Crippen LogP contribution in [0, 0.1) is 0 Å². The summed E-state index contributed by atoms with van der Waals surface area (Å²) in [7, 11) is 19.8. The molecule has 0 aliphatic carbocycles. The van der Waals surface area contributed by atoms with E-state index in [1.807, 2.05) is 0 Å². The number of aliphatic hydroxyl groups is 4. The van der Waals surface area contributed by atoms with E-state index in [-0.39, 0.29) is 0 Å². The molecule has 4 N–H and O–H groups in total. The third-order valence-corrected chi connectivity index (χ3v) is 3.95. The maximum atomic E-state index is 8.58. The molecule has 37 heavy (non-hydrogen) atoms. The van der Waals surface area contributed by atoms with Gasteiger partial charge in [0.2, 0.25) is 0 Å². The van der Waals surface area contributed by atoms with E-state index >= 15 is 0 Å². The molecule has 0 heterocycles. The lowest BCUT2D eigenvalue weighted by Gasteiger charge is -2.67. The maximum Gasteiger partial charge on any atom is 0.0802 e. The lowest BCUT2D eigenvalue weighted by molar-refractivity contribution is -0.870. The summed E-state index contributed by atoms with van der Waals surface area (Å²) < 4.78 is 3.78. The van der Waals surface area contributed by atoms with Crippen molar-refractivity contribution in [1.29, 1.82) is 0 Å². The molecule has 0 aromatic rings. The van der Waals surface area contributed by atoms with Gasteiger partial charge in [-0.3, -0.25) is 0 Å². The zero-order valence-corrected chi connectivity index (χ0v) is 27.2. The van der Waals surface area contributed by atoms with Gasteiger partial charge in [0.05, 0.1) is 111 Å². The molecule has 0 radical (unpaired) electrons. The number of quaternary nitrogens is 4. The van der Waals surface area contributed by atoms with Gasteiger partial charge in [0.1, 0.15) is 0 Å². The van der Waals surface area contributed by atoms with Crippen molar-refractivity contribution >= 4 is 9.05 Å². The summed E-state index contributed by atoms with van der Waals surface area (Å²) in [6.45, 7) is 5.47.